The van der Waals surface area contributed by atoms with Crippen molar-refractivity contribution in [2.75, 3.05) is 26.9 Å². The molecule has 0 heterocycles. The maximum atomic E-state index is 12.1. The second-order valence-corrected chi connectivity index (χ2v) is 7.13. The Hall–Kier alpha value is -2.72. The third-order valence-electron chi connectivity index (χ3n) is 3.73. The molecule has 0 saturated heterocycles. The lowest BCUT2D eigenvalue weighted by atomic mass is 10.1. The van der Waals surface area contributed by atoms with Gasteiger partial charge in [0.1, 0.15) is 12.4 Å². The number of nitrogens with one attached hydrogen (secondary N) is 3. The molecule has 0 radical (unpaired) electrons. The Balaban J connectivity index is 2.29. The normalized spacial score (nSPS) is 10.3. The van der Waals surface area contributed by atoms with Crippen LogP contribution in [0.25, 0.3) is 0 Å². The van der Waals surface area contributed by atoms with Gasteiger partial charge in [-0.2, -0.15) is 0 Å². The van der Waals surface area contributed by atoms with Crippen molar-refractivity contribution in [2.24, 2.45) is 5.92 Å². The van der Waals surface area contributed by atoms with Crippen LogP contribution in [0.1, 0.15) is 43.5 Å². The molecule has 0 bridgehead atoms. The highest BCUT2D eigenvalue weighted by molar-refractivity contribution is 7.80. The van der Waals surface area contributed by atoms with E-state index < -0.39 is 17.8 Å². The monoisotopic (exact) mass is 439 g/mol. The van der Waals surface area contributed by atoms with Crippen LogP contribution >= 0.6 is 12.2 Å². The number of benzene rings is 1. The zero-order chi connectivity index (χ0) is 22.4. The van der Waals surface area contributed by atoms with Crippen LogP contribution in [0.5, 0.6) is 5.75 Å². The largest absolute Gasteiger partial charge is 0.494 e. The van der Waals surface area contributed by atoms with Crippen molar-refractivity contribution in [1.82, 2.24) is 16.2 Å². The molecule has 0 unspecified atom stereocenters. The molecule has 0 atom stereocenters. The number of rotatable bonds is 11. The van der Waals surface area contributed by atoms with Crippen LogP contribution in [-0.4, -0.2) is 49.8 Å². The van der Waals surface area contributed by atoms with Gasteiger partial charge in [0.25, 0.3) is 5.91 Å². The van der Waals surface area contributed by atoms with Crippen LogP contribution < -0.4 is 20.9 Å². The summed E-state index contributed by atoms with van der Waals surface area (Å²) in [6, 6.07) is 6.67. The topological polar surface area (TPSA) is 115 Å². The molecule has 1 aromatic rings. The van der Waals surface area contributed by atoms with Crippen molar-refractivity contribution < 1.29 is 28.6 Å². The summed E-state index contributed by atoms with van der Waals surface area (Å²) in [6.45, 7) is 5.28. The van der Waals surface area contributed by atoms with Crippen molar-refractivity contribution in [2.45, 2.75) is 33.1 Å². The first kappa shape index (κ1) is 25.3. The number of hydrogen-bond donors (Lipinski definition) is 3. The number of ether oxygens (including phenoxy) is 3. The van der Waals surface area contributed by atoms with Crippen LogP contribution in [0.3, 0.4) is 0 Å². The molecule has 3 N–H and O–H groups in total. The zero-order valence-electron chi connectivity index (χ0n) is 17.5. The molecule has 0 aliphatic rings. The Bertz CT molecular complexity index is 709. The average Bonchev–Trinajstić information content (AvgIpc) is 2.71. The Morgan fingerprint density at radius 1 is 1.00 bits per heavy atom. The first-order valence-electron chi connectivity index (χ1n) is 9.59. The van der Waals surface area contributed by atoms with Crippen LogP contribution in [0.15, 0.2) is 24.3 Å². The Morgan fingerprint density at radius 3 is 2.33 bits per heavy atom. The van der Waals surface area contributed by atoms with Gasteiger partial charge in [-0.3, -0.25) is 25.2 Å². The quantitative estimate of drug-likeness (QED) is 0.207. The first-order valence-corrected chi connectivity index (χ1v) is 10.00. The maximum Gasteiger partial charge on any atom is 0.306 e. The molecule has 1 aromatic carbocycles. The van der Waals surface area contributed by atoms with E-state index in [1.807, 2.05) is 0 Å². The number of hydrazine groups is 1. The van der Waals surface area contributed by atoms with Gasteiger partial charge >= 0.3 is 5.97 Å². The molecule has 1 rings (SSSR count). The third-order valence-corrected chi connectivity index (χ3v) is 3.93. The smallest absolute Gasteiger partial charge is 0.306 e. The molecule has 0 aliphatic carbocycles. The van der Waals surface area contributed by atoms with Gasteiger partial charge in [0.2, 0.25) is 5.91 Å². The van der Waals surface area contributed by atoms with E-state index in [-0.39, 0.29) is 24.6 Å². The van der Waals surface area contributed by atoms with E-state index in [9.17, 15) is 14.4 Å². The van der Waals surface area contributed by atoms with Gasteiger partial charge < -0.3 is 19.5 Å². The SMILES string of the molecule is COCCOC(=O)CCC(=O)NC(=S)NNC(=O)c1ccc(OCCC(C)C)cc1. The number of hydrogen-bond acceptors (Lipinski definition) is 7. The van der Waals surface area contributed by atoms with Crippen molar-refractivity contribution in [1.29, 1.82) is 0 Å². The van der Waals surface area contributed by atoms with Crippen LogP contribution in [0, 0.1) is 5.92 Å². The summed E-state index contributed by atoms with van der Waals surface area (Å²) < 4.78 is 15.2. The van der Waals surface area contributed by atoms with Gasteiger partial charge in [0.05, 0.1) is 19.6 Å². The van der Waals surface area contributed by atoms with Crippen LogP contribution in [-0.2, 0) is 19.1 Å². The van der Waals surface area contributed by atoms with Crippen molar-refractivity contribution in [3.05, 3.63) is 29.8 Å². The van der Waals surface area contributed by atoms with E-state index in [2.05, 4.69) is 30.0 Å². The van der Waals surface area contributed by atoms with Gasteiger partial charge in [0, 0.05) is 19.1 Å². The molecule has 9 nitrogen and oxygen atoms in total. The summed E-state index contributed by atoms with van der Waals surface area (Å²) in [7, 11) is 1.49. The molecule has 10 heteroatoms. The van der Waals surface area contributed by atoms with E-state index in [1.165, 1.54) is 7.11 Å². The molecular formula is C20H29N3O6S. The van der Waals surface area contributed by atoms with E-state index in [1.54, 1.807) is 24.3 Å². The van der Waals surface area contributed by atoms with Gasteiger partial charge in [-0.05, 0) is 48.8 Å². The third kappa shape index (κ3) is 11.3. The van der Waals surface area contributed by atoms with Gasteiger partial charge in [0.15, 0.2) is 5.11 Å². The Kier molecular flexibility index (Phi) is 12.1. The Labute approximate surface area is 181 Å². The molecule has 30 heavy (non-hydrogen) atoms. The lowest BCUT2D eigenvalue weighted by molar-refractivity contribution is -0.146. The average molecular weight is 440 g/mol. The number of carbonyl (C=O) groups excluding carboxylic acids is 3. The molecule has 0 aliphatic heterocycles. The highest BCUT2D eigenvalue weighted by atomic mass is 32.1. The van der Waals surface area contributed by atoms with Crippen LogP contribution in [0.4, 0.5) is 0 Å². The summed E-state index contributed by atoms with van der Waals surface area (Å²) in [6.07, 6.45) is 0.764. The van der Waals surface area contributed by atoms with Crippen molar-refractivity contribution in [3.8, 4) is 5.75 Å². The number of carbonyl (C=O) groups is 3. The standard InChI is InChI=1S/C20H29N3O6S/c1-14(2)10-11-28-16-6-4-15(5-7-16)19(26)22-23-20(30)21-17(24)8-9-18(25)29-13-12-27-3/h4-7,14H,8-13H2,1-3H3,(H,22,26)(H2,21,23,24,30). The summed E-state index contributed by atoms with van der Waals surface area (Å²) in [5, 5.41) is 2.28. The van der Waals surface area contributed by atoms with Crippen LogP contribution in [0.2, 0.25) is 0 Å². The van der Waals surface area contributed by atoms with E-state index in [4.69, 9.17) is 26.4 Å². The summed E-state index contributed by atoms with van der Waals surface area (Å²) >= 11 is 4.94. The first-order chi connectivity index (χ1) is 14.3. The number of thiocarbonyl (C=S) groups is 1. The van der Waals surface area contributed by atoms with Gasteiger partial charge in [-0.1, -0.05) is 13.8 Å². The summed E-state index contributed by atoms with van der Waals surface area (Å²) in [4.78, 5) is 35.3. The maximum absolute atomic E-state index is 12.1. The fraction of sp³-hybridized carbons (Fsp3) is 0.500. The molecule has 0 spiro atoms. The lowest BCUT2D eigenvalue weighted by Crippen LogP contribution is -2.48. The highest BCUT2D eigenvalue weighted by Gasteiger charge is 2.11. The fourth-order valence-electron chi connectivity index (χ4n) is 2.05. The molecule has 0 fully saturated rings. The zero-order valence-corrected chi connectivity index (χ0v) is 18.3. The molecule has 0 saturated carbocycles. The minimum atomic E-state index is -0.508. The number of esters is 1. The van der Waals surface area contributed by atoms with Gasteiger partial charge in [-0.15, -0.1) is 0 Å². The fourth-order valence-corrected chi connectivity index (χ4v) is 2.21. The number of methoxy groups -OCH3 is 1. The summed E-state index contributed by atoms with van der Waals surface area (Å²) in [5.74, 6) is -0.176. The second-order valence-electron chi connectivity index (χ2n) is 6.73. The summed E-state index contributed by atoms with van der Waals surface area (Å²) in [5.41, 5.74) is 5.22. The molecule has 0 aromatic heterocycles. The molecule has 166 valence electrons. The molecular weight excluding hydrogens is 410 g/mol. The minimum Gasteiger partial charge on any atom is -0.494 e. The highest BCUT2D eigenvalue weighted by Crippen LogP contribution is 2.13. The Morgan fingerprint density at radius 2 is 1.70 bits per heavy atom. The van der Waals surface area contributed by atoms with Crippen molar-refractivity contribution >= 4 is 35.1 Å². The second kappa shape index (κ2) is 14.3. The number of amides is 2. The van der Waals surface area contributed by atoms with E-state index in [0.717, 1.165) is 6.42 Å². The predicted molar refractivity (Wildman–Crippen MR) is 115 cm³/mol. The van der Waals surface area contributed by atoms with Crippen molar-refractivity contribution in [3.63, 3.8) is 0 Å². The van der Waals surface area contributed by atoms with E-state index in [0.29, 0.717) is 30.4 Å². The van der Waals surface area contributed by atoms with E-state index >= 15 is 0 Å². The predicted octanol–water partition coefficient (Wildman–Crippen LogP) is 1.72. The van der Waals surface area contributed by atoms with Gasteiger partial charge in [-0.25, -0.2) is 0 Å². The minimum absolute atomic E-state index is 0.0872. The lowest BCUT2D eigenvalue weighted by Gasteiger charge is -2.11. The molecule has 2 amide bonds.